The molecule has 0 unspecified atom stereocenters. The smallest absolute Gasteiger partial charge is 0.217 e. The van der Waals surface area contributed by atoms with E-state index in [1.54, 1.807) is 18.4 Å². The lowest BCUT2D eigenvalue weighted by molar-refractivity contribution is -0.0204. The van der Waals surface area contributed by atoms with E-state index in [1.807, 2.05) is 35.3 Å². The second-order valence-electron chi connectivity index (χ2n) is 6.48. The largest absolute Gasteiger partial charge is 0.507 e. The van der Waals surface area contributed by atoms with Gasteiger partial charge in [0.05, 0.1) is 17.9 Å². The van der Waals surface area contributed by atoms with Crippen LogP contribution < -0.4 is 4.74 Å². The highest BCUT2D eigenvalue weighted by Gasteiger charge is 2.42. The van der Waals surface area contributed by atoms with Gasteiger partial charge in [-0.05, 0) is 48.5 Å². The molecule has 2 aliphatic rings. The molecule has 2 atom stereocenters. The van der Waals surface area contributed by atoms with Crippen LogP contribution >= 0.6 is 31.9 Å². The van der Waals surface area contributed by atoms with Crippen molar-refractivity contribution in [1.82, 2.24) is 5.01 Å². The van der Waals surface area contributed by atoms with Crippen LogP contribution in [0.1, 0.15) is 35.6 Å². The molecule has 0 amide bonds. The maximum Gasteiger partial charge on any atom is 0.217 e. The van der Waals surface area contributed by atoms with E-state index in [1.165, 1.54) is 0 Å². The quantitative estimate of drug-likeness (QED) is 0.497. The molecule has 3 aromatic rings. The molecule has 0 spiro atoms. The van der Waals surface area contributed by atoms with Gasteiger partial charge >= 0.3 is 0 Å². The molecule has 2 aliphatic heterocycles. The second-order valence-corrected chi connectivity index (χ2v) is 8.31. The highest BCUT2D eigenvalue weighted by molar-refractivity contribution is 9.10. The molecule has 136 valence electrons. The van der Waals surface area contributed by atoms with E-state index in [0.717, 1.165) is 31.7 Å². The van der Waals surface area contributed by atoms with Gasteiger partial charge in [-0.15, -0.1) is 0 Å². The van der Waals surface area contributed by atoms with Crippen LogP contribution in [0, 0.1) is 0 Å². The summed E-state index contributed by atoms with van der Waals surface area (Å²) in [6.07, 6.45) is 1.81. The van der Waals surface area contributed by atoms with Crippen molar-refractivity contribution in [3.63, 3.8) is 0 Å². The second kappa shape index (κ2) is 6.42. The van der Waals surface area contributed by atoms with Crippen LogP contribution in [-0.4, -0.2) is 15.8 Å². The maximum atomic E-state index is 10.4. The highest BCUT2D eigenvalue weighted by atomic mass is 79.9. The molecule has 0 fully saturated rings. The van der Waals surface area contributed by atoms with Gasteiger partial charge in [0.15, 0.2) is 0 Å². The minimum atomic E-state index is -0.534. The molecular weight excluding hydrogens is 476 g/mol. The molecule has 0 saturated carbocycles. The molecule has 7 heteroatoms. The van der Waals surface area contributed by atoms with Crippen molar-refractivity contribution in [3.05, 3.63) is 80.6 Å². The van der Waals surface area contributed by atoms with Crippen molar-refractivity contribution in [3.8, 4) is 11.5 Å². The zero-order valence-corrected chi connectivity index (χ0v) is 17.1. The maximum absolute atomic E-state index is 10.4. The summed E-state index contributed by atoms with van der Waals surface area (Å²) in [5, 5.41) is 17.2. The first-order chi connectivity index (χ1) is 13.1. The Kier molecular flexibility index (Phi) is 4.02. The molecule has 27 heavy (non-hydrogen) atoms. The van der Waals surface area contributed by atoms with Gasteiger partial charge in [0.1, 0.15) is 23.0 Å². The number of phenols is 1. The number of furan rings is 1. The van der Waals surface area contributed by atoms with E-state index < -0.39 is 6.23 Å². The van der Waals surface area contributed by atoms with Gasteiger partial charge in [0.25, 0.3) is 0 Å². The lowest BCUT2D eigenvalue weighted by atomic mass is 9.97. The Hall–Kier alpha value is -2.25. The van der Waals surface area contributed by atoms with Crippen molar-refractivity contribution in [2.24, 2.45) is 5.10 Å². The summed E-state index contributed by atoms with van der Waals surface area (Å²) in [5.41, 5.74) is 2.58. The molecule has 1 aromatic heterocycles. The van der Waals surface area contributed by atoms with Crippen LogP contribution in [0.4, 0.5) is 0 Å². The van der Waals surface area contributed by atoms with Crippen LogP contribution in [0.5, 0.6) is 11.5 Å². The van der Waals surface area contributed by atoms with Crippen LogP contribution in [-0.2, 0) is 0 Å². The number of hydrogen-bond donors (Lipinski definition) is 1. The lowest BCUT2D eigenvalue weighted by Gasteiger charge is -2.38. The van der Waals surface area contributed by atoms with Crippen molar-refractivity contribution < 1.29 is 14.3 Å². The summed E-state index contributed by atoms with van der Waals surface area (Å²) in [6, 6.07) is 15.0. The van der Waals surface area contributed by atoms with E-state index in [-0.39, 0.29) is 11.8 Å². The number of ether oxygens (including phenoxy) is 1. The first kappa shape index (κ1) is 16.9. The fourth-order valence-electron chi connectivity index (χ4n) is 3.58. The predicted octanol–water partition coefficient (Wildman–Crippen LogP) is 5.75. The van der Waals surface area contributed by atoms with Gasteiger partial charge in [-0.25, -0.2) is 5.01 Å². The van der Waals surface area contributed by atoms with Crippen molar-refractivity contribution in [2.45, 2.75) is 18.7 Å². The van der Waals surface area contributed by atoms with Gasteiger partial charge < -0.3 is 14.3 Å². The Balaban J connectivity index is 1.65. The van der Waals surface area contributed by atoms with E-state index >= 15 is 0 Å². The Labute approximate surface area is 172 Å². The first-order valence-electron chi connectivity index (χ1n) is 8.44. The van der Waals surface area contributed by atoms with Crippen molar-refractivity contribution >= 4 is 37.6 Å². The van der Waals surface area contributed by atoms with Gasteiger partial charge in [0, 0.05) is 20.9 Å². The molecule has 5 nitrogen and oxygen atoms in total. The van der Waals surface area contributed by atoms with Crippen molar-refractivity contribution in [2.75, 3.05) is 0 Å². The van der Waals surface area contributed by atoms with Crippen LogP contribution in [0.3, 0.4) is 0 Å². The number of benzene rings is 2. The summed E-state index contributed by atoms with van der Waals surface area (Å²) in [7, 11) is 0. The Morgan fingerprint density at radius 1 is 1.04 bits per heavy atom. The molecule has 5 rings (SSSR count). The third-order valence-electron chi connectivity index (χ3n) is 4.81. The SMILES string of the molecule is Oc1ccc(Br)cc1[C@@H]1Oc2ccc(Br)cc2[C@@H]2CC(c3ccco3)=NN21. The van der Waals surface area contributed by atoms with E-state index in [0.29, 0.717) is 12.0 Å². The summed E-state index contributed by atoms with van der Waals surface area (Å²) in [6.45, 7) is 0. The third-order valence-corrected chi connectivity index (χ3v) is 5.80. The molecule has 0 bridgehead atoms. The van der Waals surface area contributed by atoms with Gasteiger partial charge in [-0.2, -0.15) is 5.10 Å². The molecule has 1 N–H and O–H groups in total. The predicted molar refractivity (Wildman–Crippen MR) is 108 cm³/mol. The Bertz CT molecular complexity index is 1050. The number of halogens is 2. The van der Waals surface area contributed by atoms with E-state index in [9.17, 15) is 5.11 Å². The molecule has 0 saturated heterocycles. The molecule has 0 aliphatic carbocycles. The number of aromatic hydroxyl groups is 1. The minimum Gasteiger partial charge on any atom is -0.507 e. The zero-order valence-electron chi connectivity index (χ0n) is 14.0. The van der Waals surface area contributed by atoms with Crippen molar-refractivity contribution in [1.29, 1.82) is 0 Å². The summed E-state index contributed by atoms with van der Waals surface area (Å²) in [5.74, 6) is 1.71. The average molecular weight is 490 g/mol. The fourth-order valence-corrected chi connectivity index (χ4v) is 4.34. The zero-order chi connectivity index (χ0) is 18.5. The number of phenolic OH excluding ortho intramolecular Hbond substituents is 1. The van der Waals surface area contributed by atoms with Gasteiger partial charge in [-0.1, -0.05) is 31.9 Å². The molecular formula is C20H14Br2N2O3. The molecule has 3 heterocycles. The lowest BCUT2D eigenvalue weighted by Crippen LogP contribution is -2.33. The standard InChI is InChI=1S/C20H14Br2N2O3/c21-11-3-5-17(25)14(9-11)20-24-16(10-15(23-24)19-2-1-7-26-19)13-8-12(22)4-6-18(13)27-20/h1-9,16,20,25H,10H2/t16-,20-/m0/s1. The molecule has 2 aromatic carbocycles. The van der Waals surface area contributed by atoms with Crippen LogP contribution in [0.15, 0.2) is 73.3 Å². The van der Waals surface area contributed by atoms with E-state index in [2.05, 4.69) is 37.9 Å². The molecule has 0 radical (unpaired) electrons. The number of hydrazone groups is 1. The number of fused-ring (bicyclic) bond motifs is 3. The van der Waals surface area contributed by atoms with E-state index in [4.69, 9.17) is 14.3 Å². The van der Waals surface area contributed by atoms with Crippen LogP contribution in [0.25, 0.3) is 0 Å². The van der Waals surface area contributed by atoms with Crippen LogP contribution in [0.2, 0.25) is 0 Å². The first-order valence-corrected chi connectivity index (χ1v) is 10.0. The summed E-state index contributed by atoms with van der Waals surface area (Å²) < 4.78 is 13.7. The van der Waals surface area contributed by atoms with Gasteiger partial charge in [-0.3, -0.25) is 0 Å². The fraction of sp³-hybridized carbons (Fsp3) is 0.150. The van der Waals surface area contributed by atoms with Gasteiger partial charge in [0.2, 0.25) is 6.23 Å². The highest BCUT2D eigenvalue weighted by Crippen LogP contribution is 2.49. The summed E-state index contributed by atoms with van der Waals surface area (Å²) in [4.78, 5) is 0. The Morgan fingerprint density at radius 3 is 2.59 bits per heavy atom. The monoisotopic (exact) mass is 488 g/mol. The summed E-state index contributed by atoms with van der Waals surface area (Å²) >= 11 is 7.02. The third kappa shape index (κ3) is 2.85. The Morgan fingerprint density at radius 2 is 1.81 bits per heavy atom. The average Bonchev–Trinajstić information content (AvgIpc) is 3.32. The normalized spacial score (nSPS) is 20.7. The number of nitrogens with zero attached hydrogens (tertiary/aromatic N) is 2. The number of hydrogen-bond acceptors (Lipinski definition) is 5. The minimum absolute atomic E-state index is 0.00488. The topological polar surface area (TPSA) is 58.2 Å². The number of rotatable bonds is 2.